The number of hydrogen-bond acceptors (Lipinski definition) is 3. The summed E-state index contributed by atoms with van der Waals surface area (Å²) in [5.41, 5.74) is 0. The zero-order chi connectivity index (χ0) is 10.4. The summed E-state index contributed by atoms with van der Waals surface area (Å²) in [6, 6.07) is 0. The van der Waals surface area contributed by atoms with Crippen LogP contribution in [-0.4, -0.2) is 47.1 Å². The van der Waals surface area contributed by atoms with Gasteiger partial charge in [-0.05, 0) is 30.4 Å². The summed E-state index contributed by atoms with van der Waals surface area (Å²) in [5, 5.41) is 8.56. The Morgan fingerprint density at radius 1 is 1.57 bits per heavy atom. The third-order valence-electron chi connectivity index (χ3n) is 2.46. The molecule has 1 N–H and O–H groups in total. The van der Waals surface area contributed by atoms with Gasteiger partial charge in [-0.15, -0.1) is 0 Å². The Kier molecular flexibility index (Phi) is 5.33. The van der Waals surface area contributed by atoms with Gasteiger partial charge in [-0.1, -0.05) is 6.92 Å². The van der Waals surface area contributed by atoms with Crippen LogP contribution in [0.2, 0.25) is 0 Å². The molecule has 0 amide bonds. The largest absolute Gasteiger partial charge is 0.481 e. The van der Waals surface area contributed by atoms with Gasteiger partial charge in [0.25, 0.3) is 0 Å². The molecule has 1 heterocycles. The van der Waals surface area contributed by atoms with E-state index in [9.17, 15) is 4.79 Å². The topological polar surface area (TPSA) is 40.5 Å². The first-order valence-corrected chi connectivity index (χ1v) is 6.39. The van der Waals surface area contributed by atoms with Gasteiger partial charge in [-0.2, -0.15) is 11.8 Å². The third-order valence-corrected chi connectivity index (χ3v) is 3.45. The number of thioether (sulfide) groups is 1. The molecule has 0 aromatic heterocycles. The van der Waals surface area contributed by atoms with Crippen LogP contribution in [0.5, 0.6) is 0 Å². The first kappa shape index (κ1) is 11.9. The Morgan fingerprint density at radius 3 is 2.86 bits per heavy atom. The van der Waals surface area contributed by atoms with Crippen molar-refractivity contribution in [1.82, 2.24) is 4.90 Å². The summed E-state index contributed by atoms with van der Waals surface area (Å²) >= 11 is 1.98. The smallest absolute Gasteiger partial charge is 0.303 e. The molecule has 0 bridgehead atoms. The van der Waals surface area contributed by atoms with E-state index in [1.807, 2.05) is 11.8 Å². The monoisotopic (exact) mass is 217 g/mol. The van der Waals surface area contributed by atoms with Gasteiger partial charge in [0.2, 0.25) is 0 Å². The molecule has 0 aromatic rings. The van der Waals surface area contributed by atoms with Gasteiger partial charge in [0.1, 0.15) is 0 Å². The normalized spacial score (nSPS) is 18.1. The summed E-state index contributed by atoms with van der Waals surface area (Å²) in [6.45, 7) is 5.30. The Labute approximate surface area is 89.9 Å². The molecule has 0 aromatic carbocycles. The molecule has 1 saturated heterocycles. The molecule has 1 rings (SSSR count). The predicted molar refractivity (Wildman–Crippen MR) is 59.8 cm³/mol. The van der Waals surface area contributed by atoms with E-state index in [1.165, 1.54) is 17.9 Å². The minimum Gasteiger partial charge on any atom is -0.481 e. The minimum atomic E-state index is -0.656. The molecule has 0 aliphatic carbocycles. The highest BCUT2D eigenvalue weighted by Crippen LogP contribution is 2.19. The van der Waals surface area contributed by atoms with Crippen molar-refractivity contribution in [2.45, 2.75) is 19.8 Å². The number of carboxylic acid groups (broad SMARTS) is 1. The fourth-order valence-corrected chi connectivity index (χ4v) is 2.39. The molecule has 82 valence electrons. The van der Waals surface area contributed by atoms with Gasteiger partial charge in [0.15, 0.2) is 0 Å². The summed E-state index contributed by atoms with van der Waals surface area (Å²) in [7, 11) is 0. The Balaban J connectivity index is 1.91. The average Bonchev–Trinajstić information content (AvgIpc) is 2.06. The molecule has 1 aliphatic heterocycles. The van der Waals surface area contributed by atoms with Crippen molar-refractivity contribution in [3.05, 3.63) is 0 Å². The Bertz CT molecular complexity index is 181. The van der Waals surface area contributed by atoms with Crippen LogP contribution in [0.1, 0.15) is 19.8 Å². The van der Waals surface area contributed by atoms with Gasteiger partial charge in [-0.25, -0.2) is 0 Å². The van der Waals surface area contributed by atoms with Crippen molar-refractivity contribution in [3.8, 4) is 0 Å². The van der Waals surface area contributed by atoms with Crippen molar-refractivity contribution in [1.29, 1.82) is 0 Å². The van der Waals surface area contributed by atoms with Crippen LogP contribution >= 0.6 is 11.8 Å². The van der Waals surface area contributed by atoms with Crippen LogP contribution in [0.15, 0.2) is 0 Å². The SMILES string of the molecule is CCSCCCN1CC(CC(=O)O)C1. The Morgan fingerprint density at radius 2 is 2.29 bits per heavy atom. The lowest BCUT2D eigenvalue weighted by Crippen LogP contribution is -2.47. The van der Waals surface area contributed by atoms with Crippen molar-refractivity contribution in [2.75, 3.05) is 31.1 Å². The molecule has 3 nitrogen and oxygen atoms in total. The highest BCUT2D eigenvalue weighted by molar-refractivity contribution is 7.99. The summed E-state index contributed by atoms with van der Waals surface area (Å²) in [5.74, 6) is 2.18. The Hall–Kier alpha value is -0.220. The second-order valence-electron chi connectivity index (χ2n) is 3.77. The summed E-state index contributed by atoms with van der Waals surface area (Å²) in [4.78, 5) is 12.7. The van der Waals surface area contributed by atoms with Crippen LogP contribution in [0.25, 0.3) is 0 Å². The van der Waals surface area contributed by atoms with Crippen molar-refractivity contribution in [3.63, 3.8) is 0 Å². The average molecular weight is 217 g/mol. The molecule has 0 unspecified atom stereocenters. The third kappa shape index (κ3) is 4.33. The number of nitrogens with zero attached hydrogens (tertiary/aromatic N) is 1. The van der Waals surface area contributed by atoms with E-state index in [-0.39, 0.29) is 0 Å². The zero-order valence-corrected chi connectivity index (χ0v) is 9.55. The number of likely N-dealkylation sites (tertiary alicyclic amines) is 1. The van der Waals surface area contributed by atoms with E-state index in [0.29, 0.717) is 12.3 Å². The van der Waals surface area contributed by atoms with Gasteiger partial charge >= 0.3 is 5.97 Å². The van der Waals surface area contributed by atoms with Crippen LogP contribution < -0.4 is 0 Å². The minimum absolute atomic E-state index is 0.347. The molecule has 1 aliphatic rings. The van der Waals surface area contributed by atoms with Gasteiger partial charge in [0.05, 0.1) is 6.42 Å². The molecule has 0 saturated carbocycles. The second-order valence-corrected chi connectivity index (χ2v) is 5.17. The van der Waals surface area contributed by atoms with Crippen molar-refractivity contribution < 1.29 is 9.90 Å². The lowest BCUT2D eigenvalue weighted by Gasteiger charge is -2.38. The van der Waals surface area contributed by atoms with Gasteiger partial charge in [-0.3, -0.25) is 4.79 Å². The van der Waals surface area contributed by atoms with E-state index in [1.54, 1.807) is 0 Å². The molecule has 1 fully saturated rings. The maximum atomic E-state index is 10.4. The molecule has 0 radical (unpaired) electrons. The van der Waals surface area contributed by atoms with Crippen LogP contribution in [0.3, 0.4) is 0 Å². The van der Waals surface area contributed by atoms with E-state index in [2.05, 4.69) is 11.8 Å². The lowest BCUT2D eigenvalue weighted by atomic mass is 9.96. The standard InChI is InChI=1S/C10H19NO2S/c1-2-14-5-3-4-11-7-9(8-11)6-10(12)13/h9H,2-8H2,1H3,(H,12,13). The molecular formula is C10H19NO2S. The molecule has 4 heteroatoms. The predicted octanol–water partition coefficient (Wildman–Crippen LogP) is 1.54. The van der Waals surface area contributed by atoms with E-state index < -0.39 is 5.97 Å². The van der Waals surface area contributed by atoms with E-state index in [4.69, 9.17) is 5.11 Å². The maximum absolute atomic E-state index is 10.4. The first-order valence-electron chi connectivity index (χ1n) is 5.24. The maximum Gasteiger partial charge on any atom is 0.303 e. The summed E-state index contributed by atoms with van der Waals surface area (Å²) in [6.07, 6.45) is 1.58. The molecule has 0 spiro atoms. The highest BCUT2D eigenvalue weighted by Gasteiger charge is 2.27. The number of aliphatic carboxylic acids is 1. The fraction of sp³-hybridized carbons (Fsp3) is 0.900. The zero-order valence-electron chi connectivity index (χ0n) is 8.74. The lowest BCUT2D eigenvalue weighted by molar-refractivity contribution is -0.139. The quantitative estimate of drug-likeness (QED) is 0.657. The number of carbonyl (C=O) groups is 1. The fourth-order valence-electron chi connectivity index (χ4n) is 1.77. The molecular weight excluding hydrogens is 198 g/mol. The van der Waals surface area contributed by atoms with E-state index >= 15 is 0 Å². The number of rotatable bonds is 7. The molecule has 14 heavy (non-hydrogen) atoms. The second kappa shape index (κ2) is 6.30. The number of hydrogen-bond donors (Lipinski definition) is 1. The molecule has 0 atom stereocenters. The van der Waals surface area contributed by atoms with Crippen LogP contribution in [0, 0.1) is 5.92 Å². The van der Waals surface area contributed by atoms with Crippen molar-refractivity contribution >= 4 is 17.7 Å². The van der Waals surface area contributed by atoms with Gasteiger partial charge < -0.3 is 10.0 Å². The van der Waals surface area contributed by atoms with Crippen LogP contribution in [-0.2, 0) is 4.79 Å². The van der Waals surface area contributed by atoms with Crippen molar-refractivity contribution in [2.24, 2.45) is 5.92 Å². The number of carboxylic acids is 1. The summed E-state index contributed by atoms with van der Waals surface area (Å²) < 4.78 is 0. The first-order chi connectivity index (χ1) is 6.72. The van der Waals surface area contributed by atoms with Crippen LogP contribution in [0.4, 0.5) is 0 Å². The highest BCUT2D eigenvalue weighted by atomic mass is 32.2. The van der Waals surface area contributed by atoms with E-state index in [0.717, 1.165) is 19.6 Å². The van der Waals surface area contributed by atoms with Gasteiger partial charge in [0, 0.05) is 13.1 Å².